The smallest absolute Gasteiger partial charge is 0.0979 e. The van der Waals surface area contributed by atoms with Gasteiger partial charge in [-0.1, -0.05) is 48.5 Å². The lowest BCUT2D eigenvalue weighted by atomic mass is 9.76. The van der Waals surface area contributed by atoms with Gasteiger partial charge in [-0.2, -0.15) is 0 Å². The third kappa shape index (κ3) is 0.842. The molecular weight excluding hydrogens is 220 g/mol. The molecule has 2 aromatic rings. The van der Waals surface area contributed by atoms with E-state index in [1.807, 2.05) is 0 Å². The molecule has 0 radical (unpaired) electrons. The zero-order chi connectivity index (χ0) is 11.9. The highest BCUT2D eigenvalue weighted by atomic mass is 16.3. The largest absolute Gasteiger partial charge is 0.384 e. The molecule has 2 aromatic carbocycles. The molecule has 1 N–H and O–H groups in total. The Kier molecular flexibility index (Phi) is 1.40. The molecule has 0 heterocycles. The number of hydrogen-bond donors (Lipinski definition) is 1. The van der Waals surface area contributed by atoms with Crippen LogP contribution in [-0.2, 0) is 12.0 Å². The molecule has 4 atom stereocenters. The average Bonchev–Trinajstić information content (AvgIpc) is 3.09. The quantitative estimate of drug-likeness (QED) is 0.743. The van der Waals surface area contributed by atoms with Crippen molar-refractivity contribution in [2.75, 3.05) is 0 Å². The van der Waals surface area contributed by atoms with Crippen molar-refractivity contribution in [3.63, 3.8) is 0 Å². The second kappa shape index (κ2) is 2.70. The van der Waals surface area contributed by atoms with Crippen LogP contribution in [0.1, 0.15) is 34.1 Å². The Morgan fingerprint density at radius 1 is 0.889 bits per heavy atom. The molecule has 1 heteroatoms. The first-order valence-electron chi connectivity index (χ1n) is 6.70. The predicted octanol–water partition coefficient (Wildman–Crippen LogP) is 2.94. The third-order valence-electron chi connectivity index (χ3n) is 5.23. The van der Waals surface area contributed by atoms with Crippen LogP contribution in [0.3, 0.4) is 0 Å². The number of hydrogen-bond acceptors (Lipinski definition) is 1. The van der Waals surface area contributed by atoms with Crippen LogP contribution in [0.15, 0.2) is 48.5 Å². The van der Waals surface area contributed by atoms with E-state index in [1.165, 1.54) is 22.3 Å². The zero-order valence-corrected chi connectivity index (χ0v) is 10.0. The molecule has 0 aromatic heterocycles. The fraction of sp³-hybridized carbons (Fsp3) is 0.294. The summed E-state index contributed by atoms with van der Waals surface area (Å²) >= 11 is 0. The van der Waals surface area contributed by atoms with Gasteiger partial charge in [0, 0.05) is 12.3 Å². The summed E-state index contributed by atoms with van der Waals surface area (Å²) in [5.74, 6) is 1.56. The summed E-state index contributed by atoms with van der Waals surface area (Å²) in [5.41, 5.74) is 4.81. The van der Waals surface area contributed by atoms with Gasteiger partial charge in [0.15, 0.2) is 0 Å². The molecular formula is C17H14O. The molecule has 3 aliphatic carbocycles. The van der Waals surface area contributed by atoms with Crippen LogP contribution >= 0.6 is 0 Å². The van der Waals surface area contributed by atoms with Crippen LogP contribution in [0.4, 0.5) is 0 Å². The van der Waals surface area contributed by atoms with Crippen LogP contribution in [-0.4, -0.2) is 5.11 Å². The lowest BCUT2D eigenvalue weighted by molar-refractivity contribution is 0.0122. The lowest BCUT2D eigenvalue weighted by Crippen LogP contribution is -2.33. The van der Waals surface area contributed by atoms with Crippen molar-refractivity contribution in [2.24, 2.45) is 5.92 Å². The summed E-state index contributed by atoms with van der Waals surface area (Å²) in [4.78, 5) is 0. The first-order chi connectivity index (χ1) is 8.81. The molecule has 18 heavy (non-hydrogen) atoms. The Hall–Kier alpha value is -1.60. The topological polar surface area (TPSA) is 20.2 Å². The minimum atomic E-state index is -0.597. The Morgan fingerprint density at radius 3 is 2.44 bits per heavy atom. The predicted molar refractivity (Wildman–Crippen MR) is 69.5 cm³/mol. The van der Waals surface area contributed by atoms with E-state index in [0.29, 0.717) is 17.8 Å². The minimum absolute atomic E-state index is 0.435. The van der Waals surface area contributed by atoms with E-state index in [9.17, 15) is 5.11 Å². The van der Waals surface area contributed by atoms with Crippen molar-refractivity contribution < 1.29 is 5.11 Å². The van der Waals surface area contributed by atoms with Crippen molar-refractivity contribution in [1.82, 2.24) is 0 Å². The molecule has 88 valence electrons. The molecule has 5 rings (SSSR count). The van der Waals surface area contributed by atoms with Gasteiger partial charge in [0.1, 0.15) is 0 Å². The van der Waals surface area contributed by atoms with Crippen molar-refractivity contribution in [1.29, 1.82) is 0 Å². The van der Waals surface area contributed by atoms with Crippen molar-refractivity contribution in [3.8, 4) is 0 Å². The molecule has 1 nitrogen and oxygen atoms in total. The molecule has 0 spiro atoms. The van der Waals surface area contributed by atoms with Crippen LogP contribution in [0, 0.1) is 5.92 Å². The Balaban J connectivity index is 1.79. The van der Waals surface area contributed by atoms with Gasteiger partial charge in [0.25, 0.3) is 0 Å². The third-order valence-corrected chi connectivity index (χ3v) is 5.23. The molecule has 0 unspecified atom stereocenters. The molecule has 1 saturated carbocycles. The van der Waals surface area contributed by atoms with E-state index in [-0.39, 0.29) is 0 Å². The highest BCUT2D eigenvalue weighted by Crippen LogP contribution is 2.75. The van der Waals surface area contributed by atoms with Gasteiger partial charge in [-0.05, 0) is 34.1 Å². The Morgan fingerprint density at radius 2 is 1.56 bits per heavy atom. The van der Waals surface area contributed by atoms with Gasteiger partial charge in [-0.3, -0.25) is 0 Å². The van der Waals surface area contributed by atoms with E-state index in [1.54, 1.807) is 0 Å². The van der Waals surface area contributed by atoms with E-state index >= 15 is 0 Å². The first-order valence-corrected chi connectivity index (χ1v) is 6.70. The molecule has 0 bridgehead atoms. The van der Waals surface area contributed by atoms with Gasteiger partial charge in [0.05, 0.1) is 5.60 Å². The molecule has 0 saturated heterocycles. The second-order valence-electron chi connectivity index (χ2n) is 5.96. The number of benzene rings is 2. The van der Waals surface area contributed by atoms with Gasteiger partial charge >= 0.3 is 0 Å². The molecule has 0 amide bonds. The molecule has 3 aliphatic rings. The Labute approximate surface area is 106 Å². The van der Waals surface area contributed by atoms with Crippen LogP contribution in [0.25, 0.3) is 0 Å². The second-order valence-corrected chi connectivity index (χ2v) is 5.96. The summed E-state index contributed by atoms with van der Waals surface area (Å²) in [7, 11) is 0. The molecule has 0 aliphatic heterocycles. The summed E-state index contributed by atoms with van der Waals surface area (Å²) in [6.45, 7) is 0. The summed E-state index contributed by atoms with van der Waals surface area (Å²) in [6, 6.07) is 17.1. The maximum Gasteiger partial charge on any atom is 0.0979 e. The minimum Gasteiger partial charge on any atom is -0.384 e. The molecule has 1 fully saturated rings. The number of rotatable bonds is 0. The van der Waals surface area contributed by atoms with Gasteiger partial charge in [-0.25, -0.2) is 0 Å². The summed E-state index contributed by atoms with van der Waals surface area (Å²) in [6.07, 6.45) is 0.790. The summed E-state index contributed by atoms with van der Waals surface area (Å²) < 4.78 is 0. The van der Waals surface area contributed by atoms with E-state index < -0.39 is 5.60 Å². The number of fused-ring (bicyclic) bond motifs is 6. The van der Waals surface area contributed by atoms with Crippen molar-refractivity contribution in [3.05, 3.63) is 70.8 Å². The van der Waals surface area contributed by atoms with Gasteiger partial charge in [0.2, 0.25) is 0 Å². The van der Waals surface area contributed by atoms with Gasteiger partial charge in [-0.15, -0.1) is 0 Å². The monoisotopic (exact) mass is 234 g/mol. The fourth-order valence-electron chi connectivity index (χ4n) is 4.56. The average molecular weight is 234 g/mol. The SMILES string of the molecule is O[C@]12Cc3ccccc3[C@@H]3[C@H](c4ccccc41)[C@@H]32. The van der Waals surface area contributed by atoms with Crippen LogP contribution in [0.5, 0.6) is 0 Å². The fourth-order valence-corrected chi connectivity index (χ4v) is 4.56. The maximum absolute atomic E-state index is 11.1. The van der Waals surface area contributed by atoms with Crippen molar-refractivity contribution in [2.45, 2.75) is 23.9 Å². The van der Waals surface area contributed by atoms with E-state index in [2.05, 4.69) is 48.5 Å². The van der Waals surface area contributed by atoms with Gasteiger partial charge < -0.3 is 5.11 Å². The Bertz CT molecular complexity index is 675. The highest BCUT2D eigenvalue weighted by molar-refractivity contribution is 5.59. The first kappa shape index (κ1) is 9.35. The summed E-state index contributed by atoms with van der Waals surface area (Å²) in [5, 5.41) is 11.1. The highest BCUT2D eigenvalue weighted by Gasteiger charge is 2.70. The zero-order valence-electron chi connectivity index (χ0n) is 10.0. The van der Waals surface area contributed by atoms with Crippen molar-refractivity contribution >= 4 is 0 Å². The van der Waals surface area contributed by atoms with Crippen LogP contribution < -0.4 is 0 Å². The number of aliphatic hydroxyl groups is 1. The van der Waals surface area contributed by atoms with E-state index in [0.717, 1.165) is 6.42 Å². The maximum atomic E-state index is 11.1. The standard InChI is InChI=1S/C17H14O/c18-17-9-10-5-1-2-6-11(10)14-15(16(14)17)12-7-3-4-8-13(12)17/h1-8,14-16,18H,9H2/t14-,15+,16-,17-/m1/s1. The van der Waals surface area contributed by atoms with E-state index in [4.69, 9.17) is 0 Å². The lowest BCUT2D eigenvalue weighted by Gasteiger charge is -2.33. The normalized spacial score (nSPS) is 37.7. The van der Waals surface area contributed by atoms with Crippen LogP contribution in [0.2, 0.25) is 0 Å².